The van der Waals surface area contributed by atoms with E-state index in [-0.39, 0.29) is 18.0 Å². The van der Waals surface area contributed by atoms with Crippen molar-refractivity contribution in [3.8, 4) is 0 Å². The first-order chi connectivity index (χ1) is 7.91. The monoisotopic (exact) mass is 237 g/mol. The quantitative estimate of drug-likeness (QED) is 0.813. The molecule has 0 aliphatic heterocycles. The van der Waals surface area contributed by atoms with Crippen LogP contribution in [0.3, 0.4) is 0 Å². The lowest BCUT2D eigenvalue weighted by Gasteiger charge is -2.38. The Morgan fingerprint density at radius 2 is 2.06 bits per heavy atom. The minimum Gasteiger partial charge on any atom is -0.392 e. The molecule has 1 aromatic rings. The Hall–Kier alpha value is -1.35. The van der Waals surface area contributed by atoms with Crippen LogP contribution in [0.5, 0.6) is 0 Å². The summed E-state index contributed by atoms with van der Waals surface area (Å²) in [6.07, 6.45) is 1.73. The smallest absolute Gasteiger partial charge is 0.146 e. The maximum atomic E-state index is 14.0. The molecule has 1 aromatic carbocycles. The minimum absolute atomic E-state index is 0.170. The summed E-state index contributed by atoms with van der Waals surface area (Å²) in [5.41, 5.74) is 0.824. The lowest BCUT2D eigenvalue weighted by atomic mass is 10.0. The van der Waals surface area contributed by atoms with Crippen LogP contribution >= 0.6 is 0 Å². The van der Waals surface area contributed by atoms with E-state index in [9.17, 15) is 9.50 Å². The van der Waals surface area contributed by atoms with Crippen molar-refractivity contribution in [1.82, 2.24) is 0 Å². The highest BCUT2D eigenvalue weighted by atomic mass is 19.1. The van der Waals surface area contributed by atoms with Crippen LogP contribution in [0.2, 0.25) is 0 Å². The fraction of sp³-hybridized carbons (Fsp3) is 0.429. The summed E-state index contributed by atoms with van der Waals surface area (Å²) in [5, 5.41) is 9.31. The van der Waals surface area contributed by atoms with Gasteiger partial charge in [-0.1, -0.05) is 18.2 Å². The van der Waals surface area contributed by atoms with Crippen molar-refractivity contribution in [2.24, 2.45) is 0 Å². The summed E-state index contributed by atoms with van der Waals surface area (Å²) in [7, 11) is 0. The van der Waals surface area contributed by atoms with Crippen molar-refractivity contribution in [1.29, 1.82) is 0 Å². The van der Waals surface area contributed by atoms with Crippen LogP contribution < -0.4 is 4.90 Å². The van der Waals surface area contributed by atoms with Crippen molar-refractivity contribution in [3.63, 3.8) is 0 Å². The zero-order chi connectivity index (χ0) is 13.1. The fourth-order valence-electron chi connectivity index (χ4n) is 1.82. The van der Waals surface area contributed by atoms with Crippen LogP contribution in [0.25, 0.3) is 0 Å². The van der Waals surface area contributed by atoms with Gasteiger partial charge >= 0.3 is 0 Å². The topological polar surface area (TPSA) is 23.5 Å². The number of rotatable bonds is 4. The zero-order valence-corrected chi connectivity index (χ0v) is 10.7. The standard InChI is InChI=1S/C14H20FNO/c1-5-9-16(14(2,3)4)13-11(10-17)7-6-8-12(13)15/h5-8,17H,1,9-10H2,2-4H3. The van der Waals surface area contributed by atoms with Gasteiger partial charge in [-0.15, -0.1) is 6.58 Å². The van der Waals surface area contributed by atoms with E-state index >= 15 is 0 Å². The Kier molecular flexibility index (Phi) is 4.29. The van der Waals surface area contributed by atoms with Gasteiger partial charge in [0.05, 0.1) is 12.3 Å². The number of halogens is 1. The highest BCUT2D eigenvalue weighted by Crippen LogP contribution is 2.30. The van der Waals surface area contributed by atoms with E-state index in [1.807, 2.05) is 25.7 Å². The summed E-state index contributed by atoms with van der Waals surface area (Å²) in [6, 6.07) is 4.76. The largest absolute Gasteiger partial charge is 0.392 e. The number of para-hydroxylation sites is 1. The molecule has 0 saturated carbocycles. The van der Waals surface area contributed by atoms with Crippen LogP contribution in [0.1, 0.15) is 26.3 Å². The number of anilines is 1. The predicted octanol–water partition coefficient (Wildman–Crippen LogP) is 3.11. The lowest BCUT2D eigenvalue weighted by molar-refractivity contribution is 0.281. The molecule has 3 heteroatoms. The first-order valence-electron chi connectivity index (χ1n) is 5.68. The molecular formula is C14H20FNO. The summed E-state index contributed by atoms with van der Waals surface area (Å²) < 4.78 is 14.0. The van der Waals surface area contributed by atoms with Gasteiger partial charge < -0.3 is 10.0 Å². The second-order valence-electron chi connectivity index (χ2n) is 4.98. The minimum atomic E-state index is -0.312. The molecule has 0 radical (unpaired) electrons. The molecule has 0 aromatic heterocycles. The second-order valence-corrected chi connectivity index (χ2v) is 4.98. The molecule has 0 aliphatic rings. The SMILES string of the molecule is C=CCN(c1c(F)cccc1CO)C(C)(C)C. The Morgan fingerprint density at radius 3 is 2.53 bits per heavy atom. The van der Waals surface area contributed by atoms with Crippen molar-refractivity contribution >= 4 is 5.69 Å². The molecular weight excluding hydrogens is 217 g/mol. The molecule has 0 heterocycles. The van der Waals surface area contributed by atoms with Gasteiger partial charge in [0.25, 0.3) is 0 Å². The molecule has 1 N–H and O–H groups in total. The molecule has 0 spiro atoms. The van der Waals surface area contributed by atoms with E-state index in [1.54, 1.807) is 18.2 Å². The van der Waals surface area contributed by atoms with Crippen LogP contribution in [0, 0.1) is 5.82 Å². The molecule has 1 rings (SSSR count). The Morgan fingerprint density at radius 1 is 1.41 bits per heavy atom. The van der Waals surface area contributed by atoms with Crippen molar-refractivity contribution in [2.45, 2.75) is 32.9 Å². The van der Waals surface area contributed by atoms with Gasteiger partial charge in [-0.3, -0.25) is 0 Å². The first-order valence-corrected chi connectivity index (χ1v) is 5.68. The summed E-state index contributed by atoms with van der Waals surface area (Å²) in [5.74, 6) is -0.312. The zero-order valence-electron chi connectivity index (χ0n) is 10.7. The highest BCUT2D eigenvalue weighted by Gasteiger charge is 2.25. The van der Waals surface area contributed by atoms with E-state index in [0.29, 0.717) is 17.8 Å². The van der Waals surface area contributed by atoms with Crippen molar-refractivity contribution in [3.05, 3.63) is 42.2 Å². The summed E-state index contributed by atoms with van der Waals surface area (Å²) in [6.45, 7) is 10.1. The third-order valence-electron chi connectivity index (χ3n) is 2.63. The number of nitrogens with zero attached hydrogens (tertiary/aromatic N) is 1. The lowest BCUT2D eigenvalue weighted by Crippen LogP contribution is -2.42. The molecule has 0 fully saturated rings. The van der Waals surface area contributed by atoms with E-state index in [4.69, 9.17) is 0 Å². The number of aliphatic hydroxyl groups excluding tert-OH is 1. The van der Waals surface area contributed by atoms with Crippen LogP contribution in [-0.2, 0) is 6.61 Å². The molecule has 0 saturated heterocycles. The second kappa shape index (κ2) is 5.32. The van der Waals surface area contributed by atoms with Crippen LogP contribution in [0.15, 0.2) is 30.9 Å². The van der Waals surface area contributed by atoms with Crippen LogP contribution in [0.4, 0.5) is 10.1 Å². The Balaban J connectivity index is 3.31. The fourth-order valence-corrected chi connectivity index (χ4v) is 1.82. The molecule has 94 valence electrons. The average molecular weight is 237 g/mol. The van der Waals surface area contributed by atoms with Crippen LogP contribution in [-0.4, -0.2) is 17.2 Å². The molecule has 2 nitrogen and oxygen atoms in total. The molecule has 0 aliphatic carbocycles. The Labute approximate surface area is 102 Å². The summed E-state index contributed by atoms with van der Waals surface area (Å²) in [4.78, 5) is 1.90. The average Bonchev–Trinajstić information content (AvgIpc) is 2.25. The number of hydrogen-bond donors (Lipinski definition) is 1. The molecule has 0 unspecified atom stereocenters. The van der Waals surface area contributed by atoms with Gasteiger partial charge in [-0.2, -0.15) is 0 Å². The third-order valence-corrected chi connectivity index (χ3v) is 2.63. The molecule has 0 amide bonds. The molecule has 17 heavy (non-hydrogen) atoms. The van der Waals surface area contributed by atoms with Gasteiger partial charge in [0.2, 0.25) is 0 Å². The number of aliphatic hydroxyl groups is 1. The number of benzene rings is 1. The summed E-state index contributed by atoms with van der Waals surface area (Å²) >= 11 is 0. The van der Waals surface area contributed by atoms with E-state index in [2.05, 4.69) is 6.58 Å². The van der Waals surface area contributed by atoms with E-state index in [1.165, 1.54) is 6.07 Å². The molecule has 0 bridgehead atoms. The van der Waals surface area contributed by atoms with Gasteiger partial charge in [0.1, 0.15) is 5.82 Å². The number of hydrogen-bond acceptors (Lipinski definition) is 2. The Bertz CT molecular complexity index is 396. The van der Waals surface area contributed by atoms with Gasteiger partial charge in [-0.25, -0.2) is 4.39 Å². The van der Waals surface area contributed by atoms with Crippen molar-refractivity contribution in [2.75, 3.05) is 11.4 Å². The van der Waals surface area contributed by atoms with Gasteiger partial charge in [0.15, 0.2) is 0 Å². The maximum absolute atomic E-state index is 14.0. The van der Waals surface area contributed by atoms with E-state index < -0.39 is 0 Å². The normalized spacial score (nSPS) is 11.4. The molecule has 0 atom stereocenters. The van der Waals surface area contributed by atoms with Gasteiger partial charge in [0, 0.05) is 17.6 Å². The third kappa shape index (κ3) is 3.07. The van der Waals surface area contributed by atoms with Crippen molar-refractivity contribution < 1.29 is 9.50 Å². The first kappa shape index (κ1) is 13.7. The highest BCUT2D eigenvalue weighted by molar-refractivity contribution is 5.56. The predicted molar refractivity (Wildman–Crippen MR) is 69.6 cm³/mol. The maximum Gasteiger partial charge on any atom is 0.146 e. The van der Waals surface area contributed by atoms with E-state index in [0.717, 1.165) is 0 Å². The van der Waals surface area contributed by atoms with Gasteiger partial charge in [-0.05, 0) is 26.8 Å².